The summed E-state index contributed by atoms with van der Waals surface area (Å²) in [6.07, 6.45) is 4.06. The molecule has 1 aliphatic carbocycles. The van der Waals surface area contributed by atoms with Gasteiger partial charge in [0.05, 0.1) is 10.2 Å². The predicted molar refractivity (Wildman–Crippen MR) is 71.8 cm³/mol. The van der Waals surface area contributed by atoms with Gasteiger partial charge in [-0.2, -0.15) is 0 Å². The first-order valence-corrected chi connectivity index (χ1v) is 6.57. The van der Waals surface area contributed by atoms with Gasteiger partial charge in [-0.15, -0.1) is 0 Å². The van der Waals surface area contributed by atoms with E-state index in [0.717, 1.165) is 15.7 Å². The zero-order valence-corrected chi connectivity index (χ0v) is 11.1. The van der Waals surface area contributed by atoms with Gasteiger partial charge in [-0.3, -0.25) is 0 Å². The molecule has 3 rings (SSSR count). The van der Waals surface area contributed by atoms with Gasteiger partial charge >= 0.3 is 0 Å². The van der Waals surface area contributed by atoms with E-state index in [1.165, 1.54) is 25.0 Å². The number of halogens is 2. The molecule has 18 heavy (non-hydrogen) atoms. The molecule has 0 saturated heterocycles. The van der Waals surface area contributed by atoms with Gasteiger partial charge in [-0.1, -0.05) is 0 Å². The number of anilines is 1. The van der Waals surface area contributed by atoms with Gasteiger partial charge in [0.15, 0.2) is 0 Å². The first kappa shape index (κ1) is 11.6. The number of hydrogen-bond acceptors (Lipinski definition) is 3. The van der Waals surface area contributed by atoms with Gasteiger partial charge in [-0.05, 0) is 53.0 Å². The van der Waals surface area contributed by atoms with Crippen molar-refractivity contribution in [2.24, 2.45) is 0 Å². The van der Waals surface area contributed by atoms with Crippen LogP contribution in [0.4, 0.5) is 10.3 Å². The maximum atomic E-state index is 12.9. The summed E-state index contributed by atoms with van der Waals surface area (Å²) in [5.74, 6) is 0.375. The van der Waals surface area contributed by atoms with E-state index in [-0.39, 0.29) is 5.82 Å². The highest BCUT2D eigenvalue weighted by atomic mass is 79.9. The van der Waals surface area contributed by atoms with Gasteiger partial charge in [0.1, 0.15) is 5.82 Å². The Morgan fingerprint density at radius 3 is 2.61 bits per heavy atom. The van der Waals surface area contributed by atoms with Crippen molar-refractivity contribution in [1.82, 2.24) is 9.97 Å². The minimum atomic E-state index is -0.250. The predicted octanol–water partition coefficient (Wildman–Crippen LogP) is 3.62. The Morgan fingerprint density at radius 1 is 1.22 bits per heavy atom. The molecule has 1 aromatic carbocycles. The molecule has 0 bridgehead atoms. The number of nitrogens with zero attached hydrogens (tertiary/aromatic N) is 2. The van der Waals surface area contributed by atoms with Crippen molar-refractivity contribution < 1.29 is 4.39 Å². The van der Waals surface area contributed by atoms with Crippen molar-refractivity contribution in [3.05, 3.63) is 40.8 Å². The molecule has 2 aromatic rings. The third-order valence-electron chi connectivity index (χ3n) is 2.77. The summed E-state index contributed by atoms with van der Waals surface area (Å²) in [7, 11) is 0. The van der Waals surface area contributed by atoms with Crippen LogP contribution in [-0.4, -0.2) is 16.0 Å². The molecule has 92 valence electrons. The smallest absolute Gasteiger partial charge is 0.223 e. The molecule has 0 radical (unpaired) electrons. The van der Waals surface area contributed by atoms with Gasteiger partial charge < -0.3 is 5.32 Å². The fraction of sp³-hybridized carbons (Fsp3) is 0.231. The summed E-state index contributed by atoms with van der Waals surface area (Å²) in [4.78, 5) is 8.68. The standard InChI is InChI=1S/C13H11BrFN3/c14-11-7-16-13(17-10-5-6-10)18-12(11)8-1-3-9(15)4-2-8/h1-4,7,10H,5-6H2,(H,16,17,18). The van der Waals surface area contributed by atoms with E-state index in [1.54, 1.807) is 18.3 Å². The zero-order valence-electron chi connectivity index (χ0n) is 9.53. The molecular weight excluding hydrogens is 297 g/mol. The SMILES string of the molecule is Fc1ccc(-c2nc(NC3CC3)ncc2Br)cc1. The van der Waals surface area contributed by atoms with E-state index >= 15 is 0 Å². The summed E-state index contributed by atoms with van der Waals surface area (Å²) in [5, 5.41) is 3.25. The zero-order chi connectivity index (χ0) is 12.5. The summed E-state index contributed by atoms with van der Waals surface area (Å²) in [6.45, 7) is 0. The Balaban J connectivity index is 1.95. The number of rotatable bonds is 3. The van der Waals surface area contributed by atoms with E-state index in [2.05, 4.69) is 31.2 Å². The second kappa shape index (κ2) is 4.65. The molecule has 1 aliphatic rings. The molecular formula is C13H11BrFN3. The van der Waals surface area contributed by atoms with Gasteiger partial charge in [0.2, 0.25) is 5.95 Å². The Labute approximate surface area is 113 Å². The fourth-order valence-electron chi connectivity index (χ4n) is 1.66. The maximum absolute atomic E-state index is 12.9. The van der Waals surface area contributed by atoms with Crippen LogP contribution in [0.1, 0.15) is 12.8 Å². The average Bonchev–Trinajstić information content (AvgIpc) is 3.17. The number of hydrogen-bond donors (Lipinski definition) is 1. The van der Waals surface area contributed by atoms with Crippen LogP contribution in [0.3, 0.4) is 0 Å². The van der Waals surface area contributed by atoms with E-state index < -0.39 is 0 Å². The maximum Gasteiger partial charge on any atom is 0.223 e. The molecule has 5 heteroatoms. The highest BCUT2D eigenvalue weighted by Gasteiger charge is 2.22. The van der Waals surface area contributed by atoms with Crippen molar-refractivity contribution in [3.63, 3.8) is 0 Å². The minimum absolute atomic E-state index is 0.250. The molecule has 0 atom stereocenters. The van der Waals surface area contributed by atoms with Crippen molar-refractivity contribution in [1.29, 1.82) is 0 Å². The number of benzene rings is 1. The number of nitrogens with one attached hydrogen (secondary N) is 1. The van der Waals surface area contributed by atoms with Crippen LogP contribution >= 0.6 is 15.9 Å². The van der Waals surface area contributed by atoms with Crippen LogP contribution in [0.25, 0.3) is 11.3 Å². The van der Waals surface area contributed by atoms with Crippen LogP contribution in [-0.2, 0) is 0 Å². The molecule has 1 aromatic heterocycles. The van der Waals surface area contributed by atoms with Crippen LogP contribution in [0.2, 0.25) is 0 Å². The van der Waals surface area contributed by atoms with E-state index in [1.807, 2.05) is 0 Å². The Bertz CT molecular complexity index is 567. The molecule has 0 unspecified atom stereocenters. The summed E-state index contributed by atoms with van der Waals surface area (Å²) >= 11 is 3.42. The Kier molecular flexibility index (Phi) is 2.99. The van der Waals surface area contributed by atoms with Crippen molar-refractivity contribution >= 4 is 21.9 Å². The molecule has 0 aliphatic heterocycles. The second-order valence-corrected chi connectivity index (χ2v) is 5.17. The van der Waals surface area contributed by atoms with Gasteiger partial charge in [-0.25, -0.2) is 14.4 Å². The lowest BCUT2D eigenvalue weighted by Gasteiger charge is -2.07. The first-order chi connectivity index (χ1) is 8.72. The monoisotopic (exact) mass is 307 g/mol. The average molecular weight is 308 g/mol. The highest BCUT2D eigenvalue weighted by molar-refractivity contribution is 9.10. The molecule has 1 saturated carbocycles. The third kappa shape index (κ3) is 2.51. The topological polar surface area (TPSA) is 37.8 Å². The van der Waals surface area contributed by atoms with Crippen molar-refractivity contribution in [2.75, 3.05) is 5.32 Å². The lowest BCUT2D eigenvalue weighted by molar-refractivity contribution is 0.628. The van der Waals surface area contributed by atoms with Crippen LogP contribution in [0, 0.1) is 5.82 Å². The third-order valence-corrected chi connectivity index (χ3v) is 3.35. The minimum Gasteiger partial charge on any atom is -0.351 e. The Hall–Kier alpha value is -1.49. The van der Waals surface area contributed by atoms with Crippen LogP contribution in [0.5, 0.6) is 0 Å². The number of aromatic nitrogens is 2. The second-order valence-electron chi connectivity index (χ2n) is 4.32. The molecule has 1 heterocycles. The molecule has 0 amide bonds. The van der Waals surface area contributed by atoms with E-state index in [9.17, 15) is 4.39 Å². The van der Waals surface area contributed by atoms with Gasteiger partial charge in [0, 0.05) is 17.8 Å². The molecule has 1 N–H and O–H groups in total. The summed E-state index contributed by atoms with van der Waals surface area (Å²) in [6, 6.07) is 6.79. The van der Waals surface area contributed by atoms with Gasteiger partial charge in [0.25, 0.3) is 0 Å². The molecule has 0 spiro atoms. The lowest BCUT2D eigenvalue weighted by Crippen LogP contribution is -2.05. The highest BCUT2D eigenvalue weighted by Crippen LogP contribution is 2.28. The summed E-state index contributed by atoms with van der Waals surface area (Å²) in [5.41, 5.74) is 1.64. The first-order valence-electron chi connectivity index (χ1n) is 5.77. The van der Waals surface area contributed by atoms with E-state index in [4.69, 9.17) is 0 Å². The van der Waals surface area contributed by atoms with Crippen LogP contribution < -0.4 is 5.32 Å². The van der Waals surface area contributed by atoms with Crippen LogP contribution in [0.15, 0.2) is 34.9 Å². The molecule has 3 nitrogen and oxygen atoms in total. The fourth-order valence-corrected chi connectivity index (χ4v) is 2.08. The normalized spacial score (nSPS) is 14.6. The largest absolute Gasteiger partial charge is 0.351 e. The Morgan fingerprint density at radius 2 is 1.94 bits per heavy atom. The molecule has 1 fully saturated rings. The van der Waals surface area contributed by atoms with Crippen molar-refractivity contribution in [2.45, 2.75) is 18.9 Å². The van der Waals surface area contributed by atoms with E-state index in [0.29, 0.717) is 12.0 Å². The quantitative estimate of drug-likeness (QED) is 0.941. The summed E-state index contributed by atoms with van der Waals surface area (Å²) < 4.78 is 13.7. The lowest BCUT2D eigenvalue weighted by atomic mass is 10.1. The van der Waals surface area contributed by atoms with Crippen molar-refractivity contribution in [3.8, 4) is 11.3 Å².